The SMILES string of the molecule is O=C(O)c1ccc2c(c1F)CCCC(c1cccc(Cl)c1)=C2c1ccc(CC2CN(CCCF)C2)cc1. The summed E-state index contributed by atoms with van der Waals surface area (Å²) in [6.07, 6.45) is 3.47. The second-order valence-electron chi connectivity index (χ2n) is 10.0. The van der Waals surface area contributed by atoms with Gasteiger partial charge in [-0.1, -0.05) is 54.1 Å². The molecule has 192 valence electrons. The summed E-state index contributed by atoms with van der Waals surface area (Å²) in [6.45, 7) is 2.57. The minimum absolute atomic E-state index is 0.264. The molecule has 3 aromatic rings. The third-order valence-corrected chi connectivity index (χ3v) is 7.71. The normalized spacial score (nSPS) is 16.3. The van der Waals surface area contributed by atoms with Crippen LogP contribution in [-0.4, -0.2) is 42.3 Å². The molecule has 2 aliphatic rings. The van der Waals surface area contributed by atoms with Crippen LogP contribution in [0.15, 0.2) is 60.7 Å². The molecule has 6 heteroatoms. The fraction of sp³-hybridized carbons (Fsp3) is 0.323. The first-order valence-electron chi connectivity index (χ1n) is 12.9. The smallest absolute Gasteiger partial charge is 0.338 e. The largest absolute Gasteiger partial charge is 0.478 e. The quantitative estimate of drug-likeness (QED) is 0.338. The Morgan fingerprint density at radius 1 is 1.03 bits per heavy atom. The van der Waals surface area contributed by atoms with E-state index in [2.05, 4.69) is 29.2 Å². The number of rotatable bonds is 8. The zero-order chi connectivity index (χ0) is 25.9. The number of carbonyl (C=O) groups is 1. The van der Waals surface area contributed by atoms with Crippen molar-refractivity contribution in [2.75, 3.05) is 26.3 Å². The van der Waals surface area contributed by atoms with Crippen LogP contribution in [0.3, 0.4) is 0 Å². The molecule has 0 saturated carbocycles. The lowest BCUT2D eigenvalue weighted by atomic mass is 9.86. The number of hydrogen-bond donors (Lipinski definition) is 1. The van der Waals surface area contributed by atoms with Crippen LogP contribution in [0, 0.1) is 11.7 Å². The minimum atomic E-state index is -1.26. The standard InChI is InChI=1S/C31H30ClF2NO2/c32-24-5-1-4-23(17-24)25-6-2-7-27-26(12-13-28(30(27)34)31(36)37)29(25)22-10-8-20(9-11-22)16-21-18-35(19-21)15-3-14-33/h1,4-5,8-13,17,21H,2-3,6-7,14-16,18-19H2,(H,36,37). The van der Waals surface area contributed by atoms with Crippen molar-refractivity contribution in [1.82, 2.24) is 4.90 Å². The zero-order valence-corrected chi connectivity index (χ0v) is 21.4. The van der Waals surface area contributed by atoms with Gasteiger partial charge in [0.1, 0.15) is 5.82 Å². The van der Waals surface area contributed by atoms with Gasteiger partial charge >= 0.3 is 5.97 Å². The van der Waals surface area contributed by atoms with E-state index >= 15 is 4.39 Å². The van der Waals surface area contributed by atoms with Gasteiger partial charge in [0.05, 0.1) is 12.2 Å². The summed E-state index contributed by atoms with van der Waals surface area (Å²) in [4.78, 5) is 13.9. The fourth-order valence-electron chi connectivity index (χ4n) is 5.70. The van der Waals surface area contributed by atoms with Gasteiger partial charge in [0.15, 0.2) is 0 Å². The molecule has 0 aromatic heterocycles. The van der Waals surface area contributed by atoms with Gasteiger partial charge in [0.25, 0.3) is 0 Å². The molecule has 1 aliphatic heterocycles. The molecule has 0 radical (unpaired) electrons. The van der Waals surface area contributed by atoms with Crippen LogP contribution in [0.2, 0.25) is 5.02 Å². The summed E-state index contributed by atoms with van der Waals surface area (Å²) in [6, 6.07) is 19.3. The lowest BCUT2D eigenvalue weighted by Gasteiger charge is -2.39. The molecule has 1 heterocycles. The Balaban J connectivity index is 1.52. The van der Waals surface area contributed by atoms with E-state index in [9.17, 15) is 14.3 Å². The number of fused-ring (bicyclic) bond motifs is 1. The molecule has 5 rings (SSSR count). The number of alkyl halides is 1. The average molecular weight is 522 g/mol. The third-order valence-electron chi connectivity index (χ3n) is 7.48. The summed E-state index contributed by atoms with van der Waals surface area (Å²) >= 11 is 6.34. The Hall–Kier alpha value is -3.02. The highest BCUT2D eigenvalue weighted by molar-refractivity contribution is 6.30. The van der Waals surface area contributed by atoms with Gasteiger partial charge in [-0.3, -0.25) is 4.39 Å². The monoisotopic (exact) mass is 521 g/mol. The highest BCUT2D eigenvalue weighted by atomic mass is 35.5. The maximum absolute atomic E-state index is 15.4. The van der Waals surface area contributed by atoms with Crippen LogP contribution in [0.5, 0.6) is 0 Å². The Labute approximate surface area is 221 Å². The fourth-order valence-corrected chi connectivity index (χ4v) is 5.89. The Bertz CT molecular complexity index is 1330. The molecule has 0 atom stereocenters. The number of benzene rings is 3. The van der Waals surface area contributed by atoms with E-state index in [-0.39, 0.29) is 12.2 Å². The molecule has 1 aliphatic carbocycles. The molecular weight excluding hydrogens is 492 g/mol. The van der Waals surface area contributed by atoms with Gasteiger partial charge in [0, 0.05) is 24.7 Å². The second-order valence-corrected chi connectivity index (χ2v) is 10.5. The molecule has 0 unspecified atom stereocenters. The van der Waals surface area contributed by atoms with Crippen molar-refractivity contribution in [2.24, 2.45) is 5.92 Å². The van der Waals surface area contributed by atoms with Gasteiger partial charge in [-0.25, -0.2) is 9.18 Å². The summed E-state index contributed by atoms with van der Waals surface area (Å²) < 4.78 is 27.8. The molecule has 1 saturated heterocycles. The van der Waals surface area contributed by atoms with Crippen LogP contribution >= 0.6 is 11.6 Å². The van der Waals surface area contributed by atoms with Crippen molar-refractivity contribution >= 4 is 28.7 Å². The highest BCUT2D eigenvalue weighted by Crippen LogP contribution is 2.41. The maximum atomic E-state index is 15.4. The number of halogens is 3. The van der Waals surface area contributed by atoms with E-state index < -0.39 is 11.8 Å². The maximum Gasteiger partial charge on any atom is 0.338 e. The van der Waals surface area contributed by atoms with Crippen molar-refractivity contribution in [3.05, 3.63) is 105 Å². The molecule has 1 N–H and O–H groups in total. The van der Waals surface area contributed by atoms with Gasteiger partial charge in [0.2, 0.25) is 0 Å². The van der Waals surface area contributed by atoms with Crippen molar-refractivity contribution in [2.45, 2.75) is 32.1 Å². The van der Waals surface area contributed by atoms with Crippen LogP contribution in [0.25, 0.3) is 11.1 Å². The summed E-state index contributed by atoms with van der Waals surface area (Å²) in [5, 5.41) is 10.1. The number of likely N-dealkylation sites (tertiary alicyclic amines) is 1. The Morgan fingerprint density at radius 2 is 1.81 bits per heavy atom. The lowest BCUT2D eigenvalue weighted by molar-refractivity contribution is 0.0691. The van der Waals surface area contributed by atoms with Crippen LogP contribution in [-0.2, 0) is 12.8 Å². The van der Waals surface area contributed by atoms with E-state index in [1.807, 2.05) is 24.3 Å². The van der Waals surface area contributed by atoms with E-state index in [0.29, 0.717) is 35.8 Å². The number of hydrogen-bond acceptors (Lipinski definition) is 2. The van der Waals surface area contributed by atoms with Gasteiger partial charge in [-0.05, 0) is 95.2 Å². The van der Waals surface area contributed by atoms with Crippen molar-refractivity contribution in [3.8, 4) is 0 Å². The lowest BCUT2D eigenvalue weighted by Crippen LogP contribution is -2.47. The predicted molar refractivity (Wildman–Crippen MR) is 144 cm³/mol. The molecule has 0 amide bonds. The number of aromatic carboxylic acids is 1. The van der Waals surface area contributed by atoms with Crippen LogP contribution in [0.4, 0.5) is 8.78 Å². The topological polar surface area (TPSA) is 40.5 Å². The van der Waals surface area contributed by atoms with Crippen molar-refractivity contribution in [3.63, 3.8) is 0 Å². The van der Waals surface area contributed by atoms with E-state index in [0.717, 1.165) is 60.3 Å². The first-order valence-corrected chi connectivity index (χ1v) is 13.2. The van der Waals surface area contributed by atoms with Gasteiger partial charge in [-0.15, -0.1) is 0 Å². The predicted octanol–water partition coefficient (Wildman–Crippen LogP) is 7.31. The summed E-state index contributed by atoms with van der Waals surface area (Å²) in [5.74, 6) is -1.32. The molecule has 3 aromatic carbocycles. The van der Waals surface area contributed by atoms with Gasteiger partial charge in [-0.2, -0.15) is 0 Å². The number of carboxylic acid groups (broad SMARTS) is 1. The van der Waals surface area contributed by atoms with E-state index in [1.165, 1.54) is 11.6 Å². The third kappa shape index (κ3) is 5.48. The van der Waals surface area contributed by atoms with E-state index in [4.69, 9.17) is 11.6 Å². The minimum Gasteiger partial charge on any atom is -0.478 e. The van der Waals surface area contributed by atoms with Crippen molar-refractivity contribution in [1.29, 1.82) is 0 Å². The molecule has 0 bridgehead atoms. The Kier molecular flexibility index (Phi) is 7.73. The first kappa shape index (κ1) is 25.6. The van der Waals surface area contributed by atoms with Gasteiger partial charge < -0.3 is 10.0 Å². The average Bonchev–Trinajstić information content (AvgIpc) is 3.06. The zero-order valence-electron chi connectivity index (χ0n) is 20.7. The second kappa shape index (κ2) is 11.2. The number of nitrogens with zero attached hydrogens (tertiary/aromatic N) is 1. The number of carboxylic acids is 1. The summed E-state index contributed by atoms with van der Waals surface area (Å²) in [7, 11) is 0. The summed E-state index contributed by atoms with van der Waals surface area (Å²) in [5.41, 5.74) is 6.12. The Morgan fingerprint density at radius 3 is 2.51 bits per heavy atom. The van der Waals surface area contributed by atoms with Crippen molar-refractivity contribution < 1.29 is 18.7 Å². The van der Waals surface area contributed by atoms with E-state index in [1.54, 1.807) is 6.07 Å². The molecule has 3 nitrogen and oxygen atoms in total. The van der Waals surface area contributed by atoms with Crippen LogP contribution < -0.4 is 0 Å². The molecule has 0 spiro atoms. The number of allylic oxidation sites excluding steroid dienone is 1. The molecule has 1 fully saturated rings. The van der Waals surface area contributed by atoms with Crippen LogP contribution in [0.1, 0.15) is 57.4 Å². The first-order chi connectivity index (χ1) is 17.9. The molecule has 37 heavy (non-hydrogen) atoms. The highest BCUT2D eigenvalue weighted by Gasteiger charge is 2.27. The molecular formula is C31H30ClF2NO2.